The number of hydrogen-bond donors (Lipinski definition) is 2. The normalized spacial score (nSPS) is 25.3. The van der Waals surface area contributed by atoms with Gasteiger partial charge in [0, 0.05) is 18.5 Å². The molecule has 19 heavy (non-hydrogen) atoms. The van der Waals surface area contributed by atoms with Crippen LogP contribution in [-0.4, -0.2) is 5.11 Å². The van der Waals surface area contributed by atoms with E-state index in [1.54, 1.807) is 0 Å². The third-order valence-corrected chi connectivity index (χ3v) is 4.04. The first-order chi connectivity index (χ1) is 9.27. The fraction of sp³-hybridized carbons (Fsp3) is 0.294. The molecule has 2 heteroatoms. The molecule has 0 radical (unpaired) electrons. The maximum Gasteiger partial charge on any atom is 0.0837 e. The molecule has 1 aliphatic rings. The van der Waals surface area contributed by atoms with Crippen molar-refractivity contribution in [3.05, 3.63) is 71.3 Å². The summed E-state index contributed by atoms with van der Waals surface area (Å²) in [6.45, 7) is 2.93. The SMILES string of the molecule is CC1C(O)c2ccccc2C1NCc1ccccc1. The fourth-order valence-corrected chi connectivity index (χ4v) is 2.93. The Morgan fingerprint density at radius 3 is 2.32 bits per heavy atom. The molecule has 2 aromatic carbocycles. The number of aliphatic hydroxyl groups is 1. The van der Waals surface area contributed by atoms with Gasteiger partial charge < -0.3 is 10.4 Å². The van der Waals surface area contributed by atoms with Crippen molar-refractivity contribution in [2.24, 2.45) is 5.92 Å². The Hall–Kier alpha value is -1.64. The lowest BCUT2D eigenvalue weighted by Crippen LogP contribution is -2.24. The average molecular weight is 253 g/mol. The van der Waals surface area contributed by atoms with Crippen molar-refractivity contribution in [2.45, 2.75) is 25.6 Å². The monoisotopic (exact) mass is 253 g/mol. The zero-order valence-corrected chi connectivity index (χ0v) is 11.1. The summed E-state index contributed by atoms with van der Waals surface area (Å²) in [4.78, 5) is 0. The van der Waals surface area contributed by atoms with Crippen molar-refractivity contribution in [1.29, 1.82) is 0 Å². The van der Waals surface area contributed by atoms with Crippen molar-refractivity contribution in [3.8, 4) is 0 Å². The summed E-state index contributed by atoms with van der Waals surface area (Å²) in [7, 11) is 0. The maximum atomic E-state index is 10.3. The Labute approximate surface area is 114 Å². The standard InChI is InChI=1S/C17H19NO/c1-12-16(18-11-13-7-3-2-4-8-13)14-9-5-6-10-15(14)17(12)19/h2-10,12,16-19H,11H2,1H3. The largest absolute Gasteiger partial charge is 0.388 e. The van der Waals surface area contributed by atoms with Gasteiger partial charge in [-0.05, 0) is 16.7 Å². The summed E-state index contributed by atoms with van der Waals surface area (Å²) in [5.41, 5.74) is 3.58. The topological polar surface area (TPSA) is 32.3 Å². The number of hydrogen-bond acceptors (Lipinski definition) is 2. The van der Waals surface area contributed by atoms with E-state index in [-0.39, 0.29) is 18.1 Å². The summed E-state index contributed by atoms with van der Waals surface area (Å²) in [5.74, 6) is 0.209. The van der Waals surface area contributed by atoms with E-state index in [9.17, 15) is 5.11 Å². The number of rotatable bonds is 3. The highest BCUT2D eigenvalue weighted by molar-refractivity contribution is 5.37. The van der Waals surface area contributed by atoms with Crippen LogP contribution in [-0.2, 0) is 6.54 Å². The molecule has 2 nitrogen and oxygen atoms in total. The van der Waals surface area contributed by atoms with Gasteiger partial charge in [-0.3, -0.25) is 0 Å². The van der Waals surface area contributed by atoms with Crippen molar-refractivity contribution in [1.82, 2.24) is 5.32 Å². The van der Waals surface area contributed by atoms with E-state index in [0.717, 1.165) is 12.1 Å². The van der Waals surface area contributed by atoms with E-state index in [1.165, 1.54) is 11.1 Å². The molecule has 0 saturated heterocycles. The van der Waals surface area contributed by atoms with Gasteiger partial charge in [-0.1, -0.05) is 61.5 Å². The first kappa shape index (κ1) is 12.4. The molecule has 0 aliphatic heterocycles. The first-order valence-electron chi connectivity index (χ1n) is 6.81. The van der Waals surface area contributed by atoms with Gasteiger partial charge in [0.1, 0.15) is 0 Å². The Kier molecular flexibility index (Phi) is 3.36. The second-order valence-corrected chi connectivity index (χ2v) is 5.28. The molecule has 98 valence electrons. The van der Waals surface area contributed by atoms with Crippen molar-refractivity contribution in [2.75, 3.05) is 0 Å². The number of aliphatic hydroxyl groups excluding tert-OH is 1. The Morgan fingerprint density at radius 1 is 0.947 bits per heavy atom. The smallest absolute Gasteiger partial charge is 0.0837 e. The van der Waals surface area contributed by atoms with E-state index in [2.05, 4.69) is 42.6 Å². The van der Waals surface area contributed by atoms with Crippen LogP contribution < -0.4 is 5.32 Å². The van der Waals surface area contributed by atoms with Crippen LogP contribution in [0.4, 0.5) is 0 Å². The molecule has 2 aromatic rings. The summed E-state index contributed by atoms with van der Waals surface area (Å²) in [6, 6.07) is 18.8. The van der Waals surface area contributed by atoms with E-state index < -0.39 is 0 Å². The van der Waals surface area contributed by atoms with Crippen molar-refractivity contribution < 1.29 is 5.11 Å². The summed E-state index contributed by atoms with van der Waals surface area (Å²) in [5, 5.41) is 13.9. The highest BCUT2D eigenvalue weighted by Crippen LogP contribution is 2.43. The highest BCUT2D eigenvalue weighted by Gasteiger charge is 2.35. The maximum absolute atomic E-state index is 10.3. The minimum Gasteiger partial charge on any atom is -0.388 e. The highest BCUT2D eigenvalue weighted by atomic mass is 16.3. The molecular weight excluding hydrogens is 234 g/mol. The first-order valence-corrected chi connectivity index (χ1v) is 6.81. The van der Waals surface area contributed by atoms with Gasteiger partial charge in [0.05, 0.1) is 6.10 Å². The molecular formula is C17H19NO. The molecule has 3 atom stereocenters. The fourth-order valence-electron chi connectivity index (χ4n) is 2.93. The third kappa shape index (κ3) is 2.29. The van der Waals surface area contributed by atoms with Gasteiger partial charge in [0.2, 0.25) is 0 Å². The molecule has 0 spiro atoms. The van der Waals surface area contributed by atoms with Crippen molar-refractivity contribution in [3.63, 3.8) is 0 Å². The quantitative estimate of drug-likeness (QED) is 0.880. The molecule has 0 bridgehead atoms. The van der Waals surface area contributed by atoms with Gasteiger partial charge >= 0.3 is 0 Å². The van der Waals surface area contributed by atoms with Crippen LogP contribution in [0, 0.1) is 5.92 Å². The van der Waals surface area contributed by atoms with Crippen LogP contribution >= 0.6 is 0 Å². The third-order valence-electron chi connectivity index (χ3n) is 4.04. The lowest BCUT2D eigenvalue weighted by molar-refractivity contribution is 0.114. The van der Waals surface area contributed by atoms with Gasteiger partial charge in [-0.2, -0.15) is 0 Å². The summed E-state index contributed by atoms with van der Waals surface area (Å²) in [6.07, 6.45) is -0.357. The lowest BCUT2D eigenvalue weighted by atomic mass is 10.0. The minimum absolute atomic E-state index is 0.209. The summed E-state index contributed by atoms with van der Waals surface area (Å²) >= 11 is 0. The van der Waals surface area contributed by atoms with Crippen LogP contribution in [0.2, 0.25) is 0 Å². The molecule has 3 rings (SSSR count). The minimum atomic E-state index is -0.357. The Morgan fingerprint density at radius 2 is 1.58 bits per heavy atom. The predicted octanol–water partition coefficient (Wildman–Crippen LogP) is 3.20. The van der Waals surface area contributed by atoms with E-state index >= 15 is 0 Å². The molecule has 3 unspecified atom stereocenters. The molecule has 2 N–H and O–H groups in total. The van der Waals surface area contributed by atoms with E-state index in [0.29, 0.717) is 0 Å². The zero-order valence-electron chi connectivity index (χ0n) is 11.1. The van der Waals surface area contributed by atoms with Gasteiger partial charge in [0.25, 0.3) is 0 Å². The van der Waals surface area contributed by atoms with Gasteiger partial charge in [-0.25, -0.2) is 0 Å². The Balaban J connectivity index is 1.78. The van der Waals surface area contributed by atoms with E-state index in [4.69, 9.17) is 0 Å². The van der Waals surface area contributed by atoms with Crippen LogP contribution in [0.15, 0.2) is 54.6 Å². The molecule has 0 saturated carbocycles. The predicted molar refractivity (Wildman–Crippen MR) is 76.6 cm³/mol. The molecule has 0 fully saturated rings. The zero-order chi connectivity index (χ0) is 13.2. The average Bonchev–Trinajstić information content (AvgIpc) is 2.71. The van der Waals surface area contributed by atoms with Crippen LogP contribution in [0.5, 0.6) is 0 Å². The van der Waals surface area contributed by atoms with Crippen LogP contribution in [0.3, 0.4) is 0 Å². The summed E-state index contributed by atoms with van der Waals surface area (Å²) < 4.78 is 0. The van der Waals surface area contributed by atoms with Crippen LogP contribution in [0.25, 0.3) is 0 Å². The van der Waals surface area contributed by atoms with Crippen LogP contribution in [0.1, 0.15) is 35.8 Å². The van der Waals surface area contributed by atoms with Crippen molar-refractivity contribution >= 4 is 0 Å². The van der Waals surface area contributed by atoms with E-state index in [1.807, 2.05) is 24.3 Å². The Bertz CT molecular complexity index is 552. The lowest BCUT2D eigenvalue weighted by Gasteiger charge is -2.20. The number of fused-ring (bicyclic) bond motifs is 1. The second kappa shape index (κ2) is 5.16. The van der Waals surface area contributed by atoms with Gasteiger partial charge in [-0.15, -0.1) is 0 Å². The molecule has 0 heterocycles. The molecule has 0 aromatic heterocycles. The second-order valence-electron chi connectivity index (χ2n) is 5.28. The number of nitrogens with one attached hydrogen (secondary N) is 1. The number of benzene rings is 2. The molecule has 1 aliphatic carbocycles. The van der Waals surface area contributed by atoms with Gasteiger partial charge in [0.15, 0.2) is 0 Å². The molecule has 0 amide bonds.